The number of carbonyl (C=O) groups excluding carboxylic acids is 1. The molecule has 1 aliphatic heterocycles. The van der Waals surface area contributed by atoms with E-state index in [0.29, 0.717) is 30.1 Å². The first-order valence-electron chi connectivity index (χ1n) is 9.35. The lowest BCUT2D eigenvalue weighted by Gasteiger charge is -2.37. The van der Waals surface area contributed by atoms with Crippen LogP contribution in [0.1, 0.15) is 28.8 Å². The normalized spacial score (nSPS) is 17.2. The molecule has 0 bridgehead atoms. The van der Waals surface area contributed by atoms with Crippen LogP contribution in [0.3, 0.4) is 0 Å². The number of aromatic nitrogens is 1. The summed E-state index contributed by atoms with van der Waals surface area (Å²) in [4.78, 5) is 21.2. The Morgan fingerprint density at radius 1 is 1.25 bits per heavy atom. The number of likely N-dealkylation sites (tertiary alicyclic amines) is 1. The molecule has 1 saturated heterocycles. The van der Waals surface area contributed by atoms with Gasteiger partial charge in [0.25, 0.3) is 5.91 Å². The first-order chi connectivity index (χ1) is 13.5. The predicted octanol–water partition coefficient (Wildman–Crippen LogP) is 2.97. The largest absolute Gasteiger partial charge is 0.481 e. The Morgan fingerprint density at radius 3 is 2.75 bits per heavy atom. The second kappa shape index (κ2) is 9.01. The molecule has 2 aromatic rings. The Bertz CT molecular complexity index is 830. The standard InChI is InChI=1S/C21H26FN3O3/c1-24(21(26)17-10-11-19(27-2)23-20(17)28-3)16-8-6-12-25(14-16)13-15-7-4-5-9-18(15)22/h4-5,7,9-11,16H,6,8,12-14H2,1-3H3/t16-/m0/s1. The van der Waals surface area contributed by atoms with E-state index in [-0.39, 0.29) is 23.6 Å². The van der Waals surface area contributed by atoms with Crippen molar-refractivity contribution in [2.45, 2.75) is 25.4 Å². The zero-order valence-corrected chi connectivity index (χ0v) is 16.5. The van der Waals surface area contributed by atoms with E-state index in [4.69, 9.17) is 9.47 Å². The summed E-state index contributed by atoms with van der Waals surface area (Å²) in [5.41, 5.74) is 1.08. The zero-order chi connectivity index (χ0) is 20.1. The van der Waals surface area contributed by atoms with Gasteiger partial charge in [0.1, 0.15) is 11.4 Å². The molecule has 1 aromatic carbocycles. The summed E-state index contributed by atoms with van der Waals surface area (Å²) in [6.45, 7) is 2.13. The van der Waals surface area contributed by atoms with Crippen molar-refractivity contribution in [2.75, 3.05) is 34.4 Å². The van der Waals surface area contributed by atoms with Crippen LogP contribution in [0.25, 0.3) is 0 Å². The summed E-state index contributed by atoms with van der Waals surface area (Å²) in [7, 11) is 4.79. The third-order valence-corrected chi connectivity index (χ3v) is 5.17. The van der Waals surface area contributed by atoms with Gasteiger partial charge < -0.3 is 14.4 Å². The fraction of sp³-hybridized carbons (Fsp3) is 0.429. The minimum absolute atomic E-state index is 0.0415. The number of piperidine rings is 1. The van der Waals surface area contributed by atoms with Gasteiger partial charge in [-0.1, -0.05) is 18.2 Å². The monoisotopic (exact) mass is 387 g/mol. The molecule has 28 heavy (non-hydrogen) atoms. The summed E-state index contributed by atoms with van der Waals surface area (Å²) in [5.74, 6) is 0.299. The topological polar surface area (TPSA) is 54.9 Å². The molecule has 150 valence electrons. The molecule has 1 aromatic heterocycles. The fourth-order valence-corrected chi connectivity index (χ4v) is 3.57. The number of carbonyl (C=O) groups is 1. The SMILES string of the molecule is COc1ccc(C(=O)N(C)[C@H]2CCCN(Cc3ccccc3F)C2)c(OC)n1. The third-order valence-electron chi connectivity index (χ3n) is 5.17. The number of rotatable bonds is 6. The molecular formula is C21H26FN3O3. The smallest absolute Gasteiger partial charge is 0.259 e. The van der Waals surface area contributed by atoms with Gasteiger partial charge in [-0.05, 0) is 31.5 Å². The lowest BCUT2D eigenvalue weighted by atomic mass is 10.0. The van der Waals surface area contributed by atoms with E-state index in [2.05, 4.69) is 9.88 Å². The van der Waals surface area contributed by atoms with Gasteiger partial charge in [0, 0.05) is 37.8 Å². The van der Waals surface area contributed by atoms with Gasteiger partial charge in [0.2, 0.25) is 11.8 Å². The maximum absolute atomic E-state index is 14.0. The molecule has 0 N–H and O–H groups in total. The van der Waals surface area contributed by atoms with Crippen molar-refractivity contribution in [3.63, 3.8) is 0 Å². The predicted molar refractivity (Wildman–Crippen MR) is 104 cm³/mol. The number of methoxy groups -OCH3 is 2. The summed E-state index contributed by atoms with van der Waals surface area (Å²) in [6, 6.07) is 10.2. The van der Waals surface area contributed by atoms with Gasteiger partial charge in [0.15, 0.2) is 0 Å². The number of nitrogens with zero attached hydrogens (tertiary/aromatic N) is 3. The highest BCUT2D eigenvalue weighted by molar-refractivity contribution is 5.96. The van der Waals surface area contributed by atoms with Crippen LogP contribution in [-0.4, -0.2) is 61.1 Å². The van der Waals surface area contributed by atoms with Crippen molar-refractivity contribution >= 4 is 5.91 Å². The summed E-state index contributed by atoms with van der Waals surface area (Å²) < 4.78 is 24.3. The number of halogens is 1. The van der Waals surface area contributed by atoms with E-state index in [9.17, 15) is 9.18 Å². The van der Waals surface area contributed by atoms with Crippen LogP contribution in [0.4, 0.5) is 4.39 Å². The van der Waals surface area contributed by atoms with E-state index in [1.54, 1.807) is 30.1 Å². The van der Waals surface area contributed by atoms with Crippen LogP contribution in [0.2, 0.25) is 0 Å². The van der Waals surface area contributed by atoms with Crippen LogP contribution in [0.5, 0.6) is 11.8 Å². The van der Waals surface area contributed by atoms with E-state index in [0.717, 1.165) is 19.4 Å². The van der Waals surface area contributed by atoms with Crippen LogP contribution >= 0.6 is 0 Å². The average Bonchev–Trinajstić information content (AvgIpc) is 2.74. The fourth-order valence-electron chi connectivity index (χ4n) is 3.57. The quantitative estimate of drug-likeness (QED) is 0.763. The van der Waals surface area contributed by atoms with Crippen LogP contribution in [0.15, 0.2) is 36.4 Å². The highest BCUT2D eigenvalue weighted by Gasteiger charge is 2.29. The molecule has 0 saturated carbocycles. The highest BCUT2D eigenvalue weighted by atomic mass is 19.1. The Morgan fingerprint density at radius 2 is 2.04 bits per heavy atom. The van der Waals surface area contributed by atoms with Crippen molar-refractivity contribution < 1.29 is 18.7 Å². The van der Waals surface area contributed by atoms with Crippen molar-refractivity contribution in [3.8, 4) is 11.8 Å². The van der Waals surface area contributed by atoms with Crippen molar-refractivity contribution in [3.05, 3.63) is 53.3 Å². The Hall–Kier alpha value is -2.67. The first kappa shape index (κ1) is 20.1. The van der Waals surface area contributed by atoms with Gasteiger partial charge in [-0.15, -0.1) is 0 Å². The van der Waals surface area contributed by atoms with Crippen molar-refractivity contribution in [1.82, 2.24) is 14.8 Å². The number of ether oxygens (including phenoxy) is 2. The lowest BCUT2D eigenvalue weighted by Crippen LogP contribution is -2.48. The molecule has 0 spiro atoms. The average molecular weight is 387 g/mol. The Kier molecular flexibility index (Phi) is 6.46. The van der Waals surface area contributed by atoms with Crippen LogP contribution in [0, 0.1) is 5.82 Å². The van der Waals surface area contributed by atoms with E-state index < -0.39 is 0 Å². The Labute approximate surface area is 164 Å². The number of amides is 1. The maximum Gasteiger partial charge on any atom is 0.259 e. The van der Waals surface area contributed by atoms with E-state index in [1.807, 2.05) is 12.1 Å². The molecule has 0 aliphatic carbocycles. The maximum atomic E-state index is 14.0. The van der Waals surface area contributed by atoms with Gasteiger partial charge in [-0.25, -0.2) is 4.39 Å². The molecule has 1 aliphatic rings. The molecule has 0 radical (unpaired) electrons. The number of likely N-dealkylation sites (N-methyl/N-ethyl adjacent to an activating group) is 1. The van der Waals surface area contributed by atoms with Crippen LogP contribution < -0.4 is 9.47 Å². The second-order valence-corrected chi connectivity index (χ2v) is 6.95. The molecule has 6 nitrogen and oxygen atoms in total. The summed E-state index contributed by atoms with van der Waals surface area (Å²) in [5, 5.41) is 0. The molecule has 7 heteroatoms. The van der Waals surface area contributed by atoms with Gasteiger partial charge >= 0.3 is 0 Å². The van der Waals surface area contributed by atoms with Crippen LogP contribution in [-0.2, 0) is 6.54 Å². The number of benzene rings is 1. The van der Waals surface area contributed by atoms with Gasteiger partial charge in [-0.3, -0.25) is 9.69 Å². The second-order valence-electron chi connectivity index (χ2n) is 6.95. The van der Waals surface area contributed by atoms with E-state index >= 15 is 0 Å². The highest BCUT2D eigenvalue weighted by Crippen LogP contribution is 2.24. The Balaban J connectivity index is 1.70. The molecule has 3 rings (SSSR count). The third kappa shape index (κ3) is 4.42. The minimum Gasteiger partial charge on any atom is -0.481 e. The summed E-state index contributed by atoms with van der Waals surface area (Å²) >= 11 is 0. The van der Waals surface area contributed by atoms with Crippen molar-refractivity contribution in [2.24, 2.45) is 0 Å². The molecule has 1 fully saturated rings. The number of hydrogen-bond acceptors (Lipinski definition) is 5. The van der Waals surface area contributed by atoms with Gasteiger partial charge in [-0.2, -0.15) is 4.98 Å². The number of pyridine rings is 1. The first-order valence-corrected chi connectivity index (χ1v) is 9.35. The van der Waals surface area contributed by atoms with Gasteiger partial charge in [0.05, 0.1) is 14.2 Å². The van der Waals surface area contributed by atoms with E-state index in [1.165, 1.54) is 20.3 Å². The lowest BCUT2D eigenvalue weighted by molar-refractivity contribution is 0.0604. The zero-order valence-electron chi connectivity index (χ0n) is 16.5. The molecule has 0 unspecified atom stereocenters. The molecule has 1 atom stereocenters. The molecule has 2 heterocycles. The minimum atomic E-state index is -0.192. The molecule has 1 amide bonds. The number of hydrogen-bond donors (Lipinski definition) is 0. The van der Waals surface area contributed by atoms with Crippen molar-refractivity contribution in [1.29, 1.82) is 0 Å². The summed E-state index contributed by atoms with van der Waals surface area (Å²) in [6.07, 6.45) is 1.86. The molecular weight excluding hydrogens is 361 g/mol.